The van der Waals surface area contributed by atoms with Crippen molar-refractivity contribution in [2.75, 3.05) is 26.7 Å². The van der Waals surface area contributed by atoms with Gasteiger partial charge >= 0.3 is 0 Å². The minimum Gasteiger partial charge on any atom is -0.350 e. The average Bonchev–Trinajstić information content (AvgIpc) is 3.17. The normalized spacial score (nSPS) is 18.3. The first-order chi connectivity index (χ1) is 11.0. The van der Waals surface area contributed by atoms with E-state index < -0.39 is 0 Å². The number of halogens is 2. The highest BCUT2D eigenvalue weighted by atomic mass is 35.5. The van der Waals surface area contributed by atoms with E-state index in [9.17, 15) is 4.79 Å². The Balaban J connectivity index is 1.64. The molecule has 1 fully saturated rings. The molecule has 0 bridgehead atoms. The molecule has 2 heterocycles. The molecular formula is C16H18Cl2N4O. The number of likely N-dealkylation sites (tertiary alicyclic amines) is 1. The fourth-order valence-corrected chi connectivity index (χ4v) is 3.04. The lowest BCUT2D eigenvalue weighted by Crippen LogP contribution is -2.30. The maximum atomic E-state index is 12.2. The summed E-state index contributed by atoms with van der Waals surface area (Å²) < 4.78 is 1.75. The number of benzene rings is 1. The molecule has 2 aromatic rings. The van der Waals surface area contributed by atoms with E-state index in [2.05, 4.69) is 22.2 Å². The number of imidazole rings is 1. The Hall–Kier alpha value is -1.56. The number of rotatable bonds is 4. The highest BCUT2D eigenvalue weighted by molar-refractivity contribution is 6.42. The first-order valence-electron chi connectivity index (χ1n) is 7.49. The Kier molecular flexibility index (Phi) is 4.90. The summed E-state index contributed by atoms with van der Waals surface area (Å²) in [6.45, 7) is 2.80. The predicted molar refractivity (Wildman–Crippen MR) is 91.5 cm³/mol. The van der Waals surface area contributed by atoms with Gasteiger partial charge in [-0.1, -0.05) is 23.2 Å². The standard InChI is InChI=1S/C16H18Cl2N4O/c1-21-5-4-11(8-21)7-19-16(23)15-9-22(10-20-15)12-2-3-13(17)14(18)6-12/h2-3,6,9-11H,4-5,7-8H2,1H3,(H,19,23)/t11-/m1/s1. The van der Waals surface area contributed by atoms with Gasteiger partial charge in [-0.2, -0.15) is 0 Å². The summed E-state index contributed by atoms with van der Waals surface area (Å²) in [5, 5.41) is 3.92. The second-order valence-corrected chi connectivity index (χ2v) is 6.71. The second-order valence-electron chi connectivity index (χ2n) is 5.89. The molecule has 5 nitrogen and oxygen atoms in total. The predicted octanol–water partition coefficient (Wildman–Crippen LogP) is 2.86. The molecule has 1 aliphatic rings. The van der Waals surface area contributed by atoms with Crippen molar-refractivity contribution in [3.63, 3.8) is 0 Å². The molecular weight excluding hydrogens is 335 g/mol. The van der Waals surface area contributed by atoms with Crippen molar-refractivity contribution in [3.8, 4) is 5.69 Å². The number of amides is 1. The lowest BCUT2D eigenvalue weighted by molar-refractivity contribution is 0.0943. The molecule has 0 aliphatic carbocycles. The van der Waals surface area contributed by atoms with Crippen LogP contribution in [0.4, 0.5) is 0 Å². The smallest absolute Gasteiger partial charge is 0.271 e. The van der Waals surface area contributed by atoms with E-state index in [1.54, 1.807) is 29.2 Å². The third-order valence-electron chi connectivity index (χ3n) is 4.06. The van der Waals surface area contributed by atoms with Crippen molar-refractivity contribution < 1.29 is 4.79 Å². The van der Waals surface area contributed by atoms with Crippen molar-refractivity contribution in [3.05, 3.63) is 46.5 Å². The molecule has 1 amide bonds. The van der Waals surface area contributed by atoms with Gasteiger partial charge in [-0.3, -0.25) is 4.79 Å². The van der Waals surface area contributed by atoms with Crippen LogP contribution in [0.15, 0.2) is 30.7 Å². The van der Waals surface area contributed by atoms with Crippen LogP contribution in [0.3, 0.4) is 0 Å². The lowest BCUT2D eigenvalue weighted by atomic mass is 10.1. The minimum atomic E-state index is -0.154. The van der Waals surface area contributed by atoms with Gasteiger partial charge in [0, 0.05) is 25.0 Å². The Morgan fingerprint density at radius 3 is 2.91 bits per heavy atom. The van der Waals surface area contributed by atoms with Gasteiger partial charge in [-0.25, -0.2) is 4.98 Å². The highest BCUT2D eigenvalue weighted by Gasteiger charge is 2.20. The molecule has 0 radical (unpaired) electrons. The van der Waals surface area contributed by atoms with Gasteiger partial charge in [-0.15, -0.1) is 0 Å². The van der Waals surface area contributed by atoms with Gasteiger partial charge in [0.05, 0.1) is 10.0 Å². The largest absolute Gasteiger partial charge is 0.350 e. The number of carbonyl (C=O) groups excluding carboxylic acids is 1. The summed E-state index contributed by atoms with van der Waals surface area (Å²) in [4.78, 5) is 18.6. The first-order valence-corrected chi connectivity index (χ1v) is 8.24. The molecule has 0 saturated carbocycles. The third-order valence-corrected chi connectivity index (χ3v) is 4.80. The van der Waals surface area contributed by atoms with Crippen LogP contribution in [0, 0.1) is 5.92 Å². The molecule has 0 unspecified atom stereocenters. The van der Waals surface area contributed by atoms with E-state index in [0.717, 1.165) is 25.2 Å². The zero-order chi connectivity index (χ0) is 16.4. The quantitative estimate of drug-likeness (QED) is 0.920. The monoisotopic (exact) mass is 352 g/mol. The molecule has 0 spiro atoms. The maximum absolute atomic E-state index is 12.2. The molecule has 1 saturated heterocycles. The SMILES string of the molecule is CN1CC[C@H](CNC(=O)c2cn(-c3ccc(Cl)c(Cl)c3)cn2)C1. The molecule has 23 heavy (non-hydrogen) atoms. The summed E-state index contributed by atoms with van der Waals surface area (Å²) in [6.07, 6.45) is 4.40. The number of nitrogens with one attached hydrogen (secondary N) is 1. The molecule has 1 N–H and O–H groups in total. The van der Waals surface area contributed by atoms with Crippen molar-refractivity contribution in [1.82, 2.24) is 19.8 Å². The third kappa shape index (κ3) is 3.86. The maximum Gasteiger partial charge on any atom is 0.271 e. The van der Waals surface area contributed by atoms with E-state index in [-0.39, 0.29) is 5.91 Å². The van der Waals surface area contributed by atoms with Crippen molar-refractivity contribution in [1.29, 1.82) is 0 Å². The Morgan fingerprint density at radius 1 is 1.39 bits per heavy atom. The van der Waals surface area contributed by atoms with Gasteiger partial charge in [-0.05, 0) is 44.1 Å². The second kappa shape index (κ2) is 6.91. The Labute approximate surface area is 145 Å². The molecule has 1 atom stereocenters. The van der Waals surface area contributed by atoms with Crippen molar-refractivity contribution in [2.24, 2.45) is 5.92 Å². The van der Waals surface area contributed by atoms with E-state index in [4.69, 9.17) is 23.2 Å². The molecule has 1 aliphatic heterocycles. The van der Waals surface area contributed by atoms with Crippen LogP contribution in [0.2, 0.25) is 10.0 Å². The van der Waals surface area contributed by atoms with Gasteiger partial charge in [0.25, 0.3) is 5.91 Å². The van der Waals surface area contributed by atoms with Gasteiger partial charge in [0.2, 0.25) is 0 Å². The summed E-state index contributed by atoms with van der Waals surface area (Å²) in [6, 6.07) is 5.28. The molecule has 1 aromatic heterocycles. The number of carbonyl (C=O) groups is 1. The average molecular weight is 353 g/mol. The lowest BCUT2D eigenvalue weighted by Gasteiger charge is -2.10. The topological polar surface area (TPSA) is 50.2 Å². The number of aromatic nitrogens is 2. The van der Waals surface area contributed by atoms with Crippen LogP contribution in [-0.4, -0.2) is 47.0 Å². The first kappa shape index (κ1) is 16.3. The van der Waals surface area contributed by atoms with E-state index in [0.29, 0.717) is 28.2 Å². The van der Waals surface area contributed by atoms with Crippen LogP contribution in [0.25, 0.3) is 5.69 Å². The molecule has 1 aromatic carbocycles. The van der Waals surface area contributed by atoms with E-state index in [1.807, 2.05) is 6.07 Å². The zero-order valence-corrected chi connectivity index (χ0v) is 14.3. The fraction of sp³-hybridized carbons (Fsp3) is 0.375. The summed E-state index contributed by atoms with van der Waals surface area (Å²) in [5.41, 5.74) is 1.20. The number of hydrogen-bond donors (Lipinski definition) is 1. The van der Waals surface area contributed by atoms with Crippen molar-refractivity contribution >= 4 is 29.1 Å². The summed E-state index contributed by atoms with van der Waals surface area (Å²) in [7, 11) is 2.10. The van der Waals surface area contributed by atoms with Crippen LogP contribution in [-0.2, 0) is 0 Å². The van der Waals surface area contributed by atoms with Gasteiger partial charge in [0.15, 0.2) is 0 Å². The highest BCUT2D eigenvalue weighted by Crippen LogP contribution is 2.24. The molecule has 7 heteroatoms. The van der Waals surface area contributed by atoms with Gasteiger partial charge < -0.3 is 14.8 Å². The molecule has 3 rings (SSSR count). The molecule has 122 valence electrons. The number of nitrogens with zero attached hydrogens (tertiary/aromatic N) is 3. The summed E-state index contributed by atoms with van der Waals surface area (Å²) >= 11 is 11.9. The van der Waals surface area contributed by atoms with Crippen LogP contribution < -0.4 is 5.32 Å². The van der Waals surface area contributed by atoms with Crippen LogP contribution in [0.1, 0.15) is 16.9 Å². The fourth-order valence-electron chi connectivity index (χ4n) is 2.75. The van der Waals surface area contributed by atoms with E-state index in [1.165, 1.54) is 0 Å². The zero-order valence-electron chi connectivity index (χ0n) is 12.8. The summed E-state index contributed by atoms with van der Waals surface area (Å²) in [5.74, 6) is 0.361. The Bertz CT molecular complexity index is 716. The Morgan fingerprint density at radius 2 is 2.22 bits per heavy atom. The van der Waals surface area contributed by atoms with Crippen LogP contribution in [0.5, 0.6) is 0 Å². The van der Waals surface area contributed by atoms with E-state index >= 15 is 0 Å². The van der Waals surface area contributed by atoms with Crippen molar-refractivity contribution in [2.45, 2.75) is 6.42 Å². The number of hydrogen-bond acceptors (Lipinski definition) is 3. The minimum absolute atomic E-state index is 0.154. The van der Waals surface area contributed by atoms with Crippen LogP contribution >= 0.6 is 23.2 Å². The van der Waals surface area contributed by atoms with Gasteiger partial charge in [0.1, 0.15) is 12.0 Å².